The standard InChI is InChI=1S/C32H42NO8P/c1-4-39-42(34,40-5-2)33-29-28(24-36-21-25-15-9-6-10-16-25)41-32(35-3)31(38-23-27-19-13-8-14-20-27)30(29)37-22-26-17-11-7-12-18-26/h6-20,28-32H,4-5,21-24H2,1-3H3,(H,33,34)/t28-,29+,30+,31-,32+/m1/s1. The van der Waals surface area contributed by atoms with Crippen LogP contribution in [0.1, 0.15) is 30.5 Å². The first-order valence-corrected chi connectivity index (χ1v) is 15.9. The normalized spacial score (nSPS) is 22.7. The van der Waals surface area contributed by atoms with Crippen LogP contribution in [0.4, 0.5) is 0 Å². The van der Waals surface area contributed by atoms with Crippen molar-refractivity contribution in [1.82, 2.24) is 5.09 Å². The van der Waals surface area contributed by atoms with Gasteiger partial charge in [-0.1, -0.05) is 91.0 Å². The molecule has 0 spiro atoms. The van der Waals surface area contributed by atoms with E-state index in [1.165, 1.54) is 0 Å². The van der Waals surface area contributed by atoms with Crippen molar-refractivity contribution in [3.63, 3.8) is 0 Å². The summed E-state index contributed by atoms with van der Waals surface area (Å²) in [6, 6.07) is 28.9. The molecule has 1 heterocycles. The van der Waals surface area contributed by atoms with Crippen LogP contribution in [-0.2, 0) is 57.1 Å². The van der Waals surface area contributed by atoms with E-state index < -0.39 is 38.4 Å². The minimum absolute atomic E-state index is 0.168. The number of methoxy groups -OCH3 is 1. The molecule has 3 aromatic carbocycles. The van der Waals surface area contributed by atoms with Crippen LogP contribution >= 0.6 is 7.75 Å². The van der Waals surface area contributed by atoms with Crippen molar-refractivity contribution in [1.29, 1.82) is 0 Å². The fourth-order valence-corrected chi connectivity index (χ4v) is 6.38. The van der Waals surface area contributed by atoms with Crippen LogP contribution in [-0.4, -0.2) is 57.6 Å². The molecule has 1 saturated heterocycles. The maximum absolute atomic E-state index is 13.8. The van der Waals surface area contributed by atoms with E-state index in [0.29, 0.717) is 13.2 Å². The second-order valence-electron chi connectivity index (χ2n) is 9.79. The Bertz CT molecular complexity index is 1190. The van der Waals surface area contributed by atoms with Crippen LogP contribution in [0, 0.1) is 0 Å². The Morgan fingerprint density at radius 1 is 0.714 bits per heavy atom. The molecule has 0 bridgehead atoms. The summed E-state index contributed by atoms with van der Waals surface area (Å²) in [4.78, 5) is 0. The van der Waals surface area contributed by atoms with Crippen LogP contribution in [0.25, 0.3) is 0 Å². The second kappa shape index (κ2) is 17.0. The molecule has 5 atom stereocenters. The summed E-state index contributed by atoms with van der Waals surface area (Å²) in [5.74, 6) is 0. The van der Waals surface area contributed by atoms with E-state index in [0.717, 1.165) is 16.7 Å². The topological polar surface area (TPSA) is 93.7 Å². The lowest BCUT2D eigenvalue weighted by Gasteiger charge is -2.46. The van der Waals surface area contributed by atoms with E-state index in [1.807, 2.05) is 91.0 Å². The maximum Gasteiger partial charge on any atom is 0.405 e. The van der Waals surface area contributed by atoms with Gasteiger partial charge < -0.3 is 23.7 Å². The lowest BCUT2D eigenvalue weighted by Crippen LogP contribution is -2.64. The van der Waals surface area contributed by atoms with Gasteiger partial charge in [0.05, 0.1) is 45.7 Å². The molecule has 1 aliphatic rings. The van der Waals surface area contributed by atoms with Gasteiger partial charge in [0.2, 0.25) is 0 Å². The first kappa shape index (κ1) is 32.5. The quantitative estimate of drug-likeness (QED) is 0.191. The number of nitrogens with one attached hydrogen (secondary N) is 1. The highest BCUT2D eigenvalue weighted by molar-refractivity contribution is 7.51. The van der Waals surface area contributed by atoms with Gasteiger partial charge in [-0.2, -0.15) is 0 Å². The first-order valence-electron chi connectivity index (χ1n) is 14.3. The molecule has 4 rings (SSSR count). The van der Waals surface area contributed by atoms with Gasteiger partial charge in [0.1, 0.15) is 18.3 Å². The Hall–Kier alpha value is -2.43. The van der Waals surface area contributed by atoms with Gasteiger partial charge in [0.25, 0.3) is 0 Å². The monoisotopic (exact) mass is 599 g/mol. The summed E-state index contributed by atoms with van der Waals surface area (Å²) in [5.41, 5.74) is 2.99. The molecule has 1 N–H and O–H groups in total. The molecule has 228 valence electrons. The van der Waals surface area contributed by atoms with E-state index >= 15 is 0 Å². The lowest BCUT2D eigenvalue weighted by molar-refractivity contribution is -0.293. The molecule has 0 saturated carbocycles. The molecule has 0 aromatic heterocycles. The number of rotatable bonds is 17. The molecule has 3 aromatic rings. The van der Waals surface area contributed by atoms with Crippen molar-refractivity contribution in [3.05, 3.63) is 108 Å². The number of hydrogen-bond donors (Lipinski definition) is 1. The zero-order valence-electron chi connectivity index (χ0n) is 24.5. The molecule has 1 fully saturated rings. The molecule has 1 aliphatic heterocycles. The molecule has 0 aliphatic carbocycles. The molecule has 42 heavy (non-hydrogen) atoms. The summed E-state index contributed by atoms with van der Waals surface area (Å²) < 4.78 is 56.4. The van der Waals surface area contributed by atoms with E-state index in [9.17, 15) is 4.57 Å². The molecule has 10 heteroatoms. The number of benzene rings is 3. The Morgan fingerprint density at radius 2 is 1.19 bits per heavy atom. The highest BCUT2D eigenvalue weighted by Gasteiger charge is 2.50. The van der Waals surface area contributed by atoms with Gasteiger partial charge in [-0.15, -0.1) is 0 Å². The third kappa shape index (κ3) is 9.54. The zero-order chi connectivity index (χ0) is 29.6. The molecule has 9 nitrogen and oxygen atoms in total. The Morgan fingerprint density at radius 3 is 1.67 bits per heavy atom. The number of hydrogen-bond acceptors (Lipinski definition) is 8. The van der Waals surface area contributed by atoms with Crippen LogP contribution in [0.5, 0.6) is 0 Å². The summed E-state index contributed by atoms with van der Waals surface area (Å²) in [6.07, 6.45) is -2.77. The minimum Gasteiger partial charge on any atom is -0.374 e. The van der Waals surface area contributed by atoms with Crippen LogP contribution in [0.3, 0.4) is 0 Å². The zero-order valence-corrected chi connectivity index (χ0v) is 25.4. The SMILES string of the molecule is CCOP(=O)(N[C@@H]1[C@H](OCc2ccccc2)[C@@H](OCc2ccccc2)[C@@H](OC)O[C@@H]1COCc1ccccc1)OCC. The lowest BCUT2D eigenvalue weighted by atomic mass is 9.96. The Labute approximate surface area is 249 Å². The maximum atomic E-state index is 13.8. The molecular weight excluding hydrogens is 557 g/mol. The summed E-state index contributed by atoms with van der Waals surface area (Å²) in [7, 11) is -2.17. The van der Waals surface area contributed by atoms with Crippen molar-refractivity contribution < 1.29 is 37.3 Å². The van der Waals surface area contributed by atoms with Crippen molar-refractivity contribution in [2.24, 2.45) is 0 Å². The van der Waals surface area contributed by atoms with Gasteiger partial charge in [0, 0.05) is 7.11 Å². The second-order valence-corrected chi connectivity index (χ2v) is 11.6. The van der Waals surface area contributed by atoms with Crippen molar-refractivity contribution in [2.75, 3.05) is 26.9 Å². The van der Waals surface area contributed by atoms with Crippen LogP contribution in [0.15, 0.2) is 91.0 Å². The average Bonchev–Trinajstić information content (AvgIpc) is 3.01. The van der Waals surface area contributed by atoms with Crippen molar-refractivity contribution in [2.45, 2.75) is 64.3 Å². The van der Waals surface area contributed by atoms with Gasteiger partial charge in [0.15, 0.2) is 6.29 Å². The number of ether oxygens (including phenoxy) is 5. The predicted molar refractivity (Wildman–Crippen MR) is 160 cm³/mol. The Kier molecular flexibility index (Phi) is 13.2. The molecule has 0 unspecified atom stereocenters. The molecule has 0 radical (unpaired) electrons. The molecular formula is C32H42NO8P. The average molecular weight is 600 g/mol. The van der Waals surface area contributed by atoms with Gasteiger partial charge in [-0.25, -0.2) is 9.65 Å². The highest BCUT2D eigenvalue weighted by Crippen LogP contribution is 2.46. The van der Waals surface area contributed by atoms with Crippen LogP contribution < -0.4 is 5.09 Å². The Balaban J connectivity index is 1.63. The van der Waals surface area contributed by atoms with Crippen molar-refractivity contribution in [3.8, 4) is 0 Å². The van der Waals surface area contributed by atoms with Gasteiger partial charge >= 0.3 is 7.75 Å². The third-order valence-electron chi connectivity index (χ3n) is 6.76. The van der Waals surface area contributed by atoms with E-state index in [1.54, 1.807) is 21.0 Å². The van der Waals surface area contributed by atoms with E-state index in [4.69, 9.17) is 32.7 Å². The first-order chi connectivity index (χ1) is 20.5. The fraction of sp³-hybridized carbons (Fsp3) is 0.438. The smallest absolute Gasteiger partial charge is 0.374 e. The van der Waals surface area contributed by atoms with Crippen molar-refractivity contribution >= 4 is 7.75 Å². The summed E-state index contributed by atoms with van der Waals surface area (Å²) in [6.45, 7) is 5.05. The third-order valence-corrected chi connectivity index (χ3v) is 8.57. The van der Waals surface area contributed by atoms with E-state index in [-0.39, 0.29) is 26.4 Å². The summed E-state index contributed by atoms with van der Waals surface area (Å²) >= 11 is 0. The minimum atomic E-state index is -3.74. The van der Waals surface area contributed by atoms with Gasteiger partial charge in [-0.05, 0) is 30.5 Å². The van der Waals surface area contributed by atoms with E-state index in [2.05, 4.69) is 5.09 Å². The predicted octanol–water partition coefficient (Wildman–Crippen LogP) is 5.88. The summed E-state index contributed by atoms with van der Waals surface area (Å²) in [5, 5.41) is 3.14. The van der Waals surface area contributed by atoms with Gasteiger partial charge in [-0.3, -0.25) is 9.05 Å². The fourth-order valence-electron chi connectivity index (χ4n) is 4.80. The largest absolute Gasteiger partial charge is 0.405 e. The molecule has 0 amide bonds. The highest BCUT2D eigenvalue weighted by atomic mass is 31.2. The van der Waals surface area contributed by atoms with Crippen LogP contribution in [0.2, 0.25) is 0 Å².